The number of pyridine rings is 1. The molecule has 0 saturated carbocycles. The molecule has 3 aromatic rings. The Morgan fingerprint density at radius 2 is 1.16 bits per heavy atom. The number of fused-ring (bicyclic) bond motifs is 1. The molecule has 25 heteroatoms. The summed E-state index contributed by atoms with van der Waals surface area (Å²) in [6, 6.07) is 6.14. The molecule has 454 valence electrons. The Balaban J connectivity index is 0.845. The molecule has 0 unspecified atom stereocenters. The lowest BCUT2D eigenvalue weighted by Crippen LogP contribution is -2.33. The maximum atomic E-state index is 13.9. The molecular formula is C56H82F4N6O14S. The van der Waals surface area contributed by atoms with Crippen molar-refractivity contribution in [2.45, 2.75) is 71.4 Å². The lowest BCUT2D eigenvalue weighted by molar-refractivity contribution is -0.136. The van der Waals surface area contributed by atoms with Crippen LogP contribution in [0.4, 0.5) is 23.2 Å². The number of aryl methyl sites for hydroxylation is 1. The second-order valence-corrected chi connectivity index (χ2v) is 19.8. The average molecular weight is 1170 g/mol. The molecule has 3 N–H and O–H groups in total. The van der Waals surface area contributed by atoms with Gasteiger partial charge in [-0.25, -0.2) is 13.8 Å². The third-order valence-corrected chi connectivity index (χ3v) is 12.6. The number of unbranched alkanes of at least 4 members (excludes halogenated alkanes) is 2. The van der Waals surface area contributed by atoms with E-state index in [4.69, 9.17) is 53.1 Å². The van der Waals surface area contributed by atoms with Crippen molar-refractivity contribution in [3.05, 3.63) is 80.3 Å². The Hall–Kier alpha value is -5.03. The van der Waals surface area contributed by atoms with Crippen LogP contribution in [0.5, 0.6) is 5.75 Å². The normalized spacial score (nSPS) is 12.3. The van der Waals surface area contributed by atoms with Crippen molar-refractivity contribution in [1.29, 1.82) is 0 Å². The summed E-state index contributed by atoms with van der Waals surface area (Å²) in [5.74, 6) is -9.19. The van der Waals surface area contributed by atoms with E-state index in [1.165, 1.54) is 4.88 Å². The van der Waals surface area contributed by atoms with Crippen molar-refractivity contribution >= 4 is 46.7 Å². The molecule has 2 aromatic heterocycles. The van der Waals surface area contributed by atoms with Gasteiger partial charge in [0.1, 0.15) is 5.84 Å². The average Bonchev–Trinajstić information content (AvgIpc) is 3.79. The number of aliphatic imine (C=N–C) groups is 1. The number of nitrogens with two attached hydrogens (primary N) is 1. The van der Waals surface area contributed by atoms with Gasteiger partial charge < -0.3 is 73.0 Å². The number of hydrogen-bond donors (Lipinski definition) is 2. The summed E-state index contributed by atoms with van der Waals surface area (Å²) in [4.78, 5) is 53.2. The number of esters is 1. The van der Waals surface area contributed by atoms with Gasteiger partial charge in [0, 0.05) is 55.2 Å². The fourth-order valence-corrected chi connectivity index (χ4v) is 8.66. The van der Waals surface area contributed by atoms with Gasteiger partial charge in [-0.15, -0.1) is 11.3 Å². The fourth-order valence-electron chi connectivity index (χ4n) is 7.55. The molecule has 81 heavy (non-hydrogen) atoms. The number of amides is 2. The van der Waals surface area contributed by atoms with Crippen molar-refractivity contribution in [1.82, 2.24) is 20.1 Å². The van der Waals surface area contributed by atoms with Gasteiger partial charge in [0.05, 0.1) is 161 Å². The van der Waals surface area contributed by atoms with Gasteiger partial charge in [-0.3, -0.25) is 19.4 Å². The van der Waals surface area contributed by atoms with Crippen LogP contribution in [0.2, 0.25) is 0 Å². The van der Waals surface area contributed by atoms with Crippen LogP contribution in [0.25, 0.3) is 6.08 Å². The van der Waals surface area contributed by atoms with Crippen LogP contribution in [0.1, 0.15) is 72.9 Å². The molecule has 0 radical (unpaired) electrons. The molecule has 0 aliphatic carbocycles. The Labute approximate surface area is 476 Å². The second-order valence-electron chi connectivity index (χ2n) is 18.6. The molecule has 0 fully saturated rings. The van der Waals surface area contributed by atoms with Crippen LogP contribution in [0, 0.1) is 23.3 Å². The first kappa shape index (κ1) is 68.5. The van der Waals surface area contributed by atoms with Crippen molar-refractivity contribution < 1.29 is 84.1 Å². The summed E-state index contributed by atoms with van der Waals surface area (Å²) in [7, 11) is 4.04. The highest BCUT2D eigenvalue weighted by molar-refractivity contribution is 7.13. The molecular weight excluding hydrogens is 1090 g/mol. The van der Waals surface area contributed by atoms with Gasteiger partial charge in [0.15, 0.2) is 11.6 Å². The number of amidine groups is 1. The highest BCUT2D eigenvalue weighted by Crippen LogP contribution is 2.36. The lowest BCUT2D eigenvalue weighted by Gasteiger charge is -2.23. The molecule has 3 heterocycles. The summed E-state index contributed by atoms with van der Waals surface area (Å²) < 4.78 is 112. The molecule has 20 nitrogen and oxygen atoms in total. The van der Waals surface area contributed by atoms with Crippen LogP contribution < -0.4 is 15.8 Å². The maximum absolute atomic E-state index is 13.9. The van der Waals surface area contributed by atoms with E-state index >= 15 is 0 Å². The third-order valence-electron chi connectivity index (χ3n) is 11.5. The summed E-state index contributed by atoms with van der Waals surface area (Å²) >= 11 is 1.65. The largest absolute Gasteiger partial charge is 0.420 e. The number of aromatic nitrogens is 1. The summed E-state index contributed by atoms with van der Waals surface area (Å²) in [5.41, 5.74) is 9.73. The highest BCUT2D eigenvalue weighted by Gasteiger charge is 2.25. The zero-order valence-corrected chi connectivity index (χ0v) is 47.9. The zero-order chi connectivity index (χ0) is 58.3. The number of nitrogens with zero attached hydrogens (tertiary/aromatic N) is 4. The van der Waals surface area contributed by atoms with Crippen molar-refractivity contribution in [3.63, 3.8) is 0 Å². The molecule has 4 rings (SSSR count). The number of ether oxygens (including phenoxy) is 11. The van der Waals surface area contributed by atoms with E-state index < -0.39 is 41.4 Å². The van der Waals surface area contributed by atoms with Crippen LogP contribution in [-0.4, -0.2) is 198 Å². The van der Waals surface area contributed by atoms with Crippen molar-refractivity contribution in [3.8, 4) is 5.75 Å². The van der Waals surface area contributed by atoms with Crippen molar-refractivity contribution in [2.24, 2.45) is 10.7 Å². The fraction of sp³-hybridized carbons (Fsp3) is 0.625. The van der Waals surface area contributed by atoms with Gasteiger partial charge >= 0.3 is 5.97 Å². The van der Waals surface area contributed by atoms with E-state index in [1.54, 1.807) is 11.3 Å². The number of carbonyl (C=O) groups is 3. The van der Waals surface area contributed by atoms with Gasteiger partial charge in [0.25, 0.3) is 5.91 Å². The van der Waals surface area contributed by atoms with Crippen molar-refractivity contribution in [2.75, 3.05) is 159 Å². The zero-order valence-electron chi connectivity index (χ0n) is 47.1. The van der Waals surface area contributed by atoms with Crippen LogP contribution in [0.15, 0.2) is 41.0 Å². The minimum absolute atomic E-state index is 0.0160. The van der Waals surface area contributed by atoms with E-state index in [0.717, 1.165) is 60.5 Å². The standard InChI is InChI=1S/C56H82F4N6O14S/c1-4-14-66(41-44-10-9-42(39-63-44)40-65(2)3)56(69)43-35-49-48(64-50(61)36-43)37-45(81-49)8-6-5-7-13-62-51(67)11-15-70-17-19-72-21-23-74-25-27-76-29-31-78-33-34-79-32-30-77-28-26-75-24-22-73-20-18-71-16-12-52(68)80-55-53(59)46(57)38-47(58)54(55)60/h9-10,35,37-39H,4-8,11-34,36,40-41H2,1-3H3,(H2,61,64)(H,62,67). The number of thiophene rings is 1. The Bertz CT molecular complexity index is 2310. The molecule has 0 atom stereocenters. The Morgan fingerprint density at radius 3 is 1.64 bits per heavy atom. The summed E-state index contributed by atoms with van der Waals surface area (Å²) in [6.07, 6.45) is 8.49. The molecule has 0 bridgehead atoms. The number of halogens is 4. The van der Waals surface area contributed by atoms with E-state index in [-0.39, 0.29) is 50.7 Å². The Morgan fingerprint density at radius 1 is 0.654 bits per heavy atom. The Kier molecular flexibility index (Phi) is 35.4. The van der Waals surface area contributed by atoms with Crippen LogP contribution in [0.3, 0.4) is 0 Å². The summed E-state index contributed by atoms with van der Waals surface area (Å²) in [5, 5.41) is 2.97. The predicted octanol–water partition coefficient (Wildman–Crippen LogP) is 6.36. The maximum Gasteiger partial charge on any atom is 0.313 e. The highest BCUT2D eigenvalue weighted by atomic mass is 32.1. The number of carbonyl (C=O) groups excluding carboxylic acids is 3. The SMILES string of the molecule is CCCN(Cc1ccc(CN(C)C)cn1)C(=O)C1=Cc2sc(CCCCCNC(=O)CCOCCOCCOCCOCCOCCOCCOCCOCCOCCOCCC(=O)Oc3c(F)c(F)cc(F)c3F)cc2N=C(N)C1. The minimum Gasteiger partial charge on any atom is -0.420 e. The molecule has 1 aliphatic rings. The molecule has 0 saturated heterocycles. The monoisotopic (exact) mass is 1170 g/mol. The number of nitrogens with one attached hydrogen (secondary N) is 1. The van der Waals surface area contributed by atoms with Gasteiger partial charge in [-0.05, 0) is 63.6 Å². The van der Waals surface area contributed by atoms with Crippen LogP contribution >= 0.6 is 11.3 Å². The van der Waals surface area contributed by atoms with E-state index in [0.29, 0.717) is 143 Å². The topological polar surface area (TPSA) is 223 Å². The van der Waals surface area contributed by atoms with E-state index in [9.17, 15) is 31.9 Å². The first-order chi connectivity index (χ1) is 39.3. The van der Waals surface area contributed by atoms with E-state index in [2.05, 4.69) is 44.0 Å². The first-order valence-electron chi connectivity index (χ1n) is 27.5. The van der Waals surface area contributed by atoms with Gasteiger partial charge in [-0.1, -0.05) is 19.4 Å². The molecule has 1 aliphatic heterocycles. The molecule has 1 aromatic carbocycles. The van der Waals surface area contributed by atoms with Crippen LogP contribution in [-0.2, 0) is 81.3 Å². The lowest BCUT2D eigenvalue weighted by atomic mass is 10.1. The number of benzene rings is 1. The van der Waals surface area contributed by atoms with E-state index in [1.807, 2.05) is 37.3 Å². The van der Waals surface area contributed by atoms with Gasteiger partial charge in [-0.2, -0.15) is 8.78 Å². The third kappa shape index (κ3) is 29.7. The number of rotatable bonds is 47. The minimum atomic E-state index is -1.80. The molecule has 2 amide bonds. The second kappa shape index (κ2) is 41.9. The quantitative estimate of drug-likeness (QED) is 0.0207. The summed E-state index contributed by atoms with van der Waals surface area (Å²) in [6.45, 7) is 11.3. The number of hydrogen-bond acceptors (Lipinski definition) is 19. The first-order valence-corrected chi connectivity index (χ1v) is 28.3. The van der Waals surface area contributed by atoms with Gasteiger partial charge in [0.2, 0.25) is 23.3 Å². The predicted molar refractivity (Wildman–Crippen MR) is 295 cm³/mol. The smallest absolute Gasteiger partial charge is 0.313 e. The molecule has 0 spiro atoms.